The van der Waals surface area contributed by atoms with E-state index >= 15 is 0 Å². The van der Waals surface area contributed by atoms with Crippen LogP contribution < -0.4 is 10.1 Å². The van der Waals surface area contributed by atoms with Gasteiger partial charge in [-0.3, -0.25) is 0 Å². The van der Waals surface area contributed by atoms with Gasteiger partial charge < -0.3 is 15.2 Å². The van der Waals surface area contributed by atoms with Crippen LogP contribution in [0.4, 0.5) is 8.78 Å². The summed E-state index contributed by atoms with van der Waals surface area (Å²) in [5, 5.41) is 12.9. The number of phenolic OH excluding ortho intramolecular Hbond substituents is 1. The molecular weight excluding hydrogens is 276 g/mol. The molecule has 0 saturated carbocycles. The molecule has 0 bridgehead atoms. The van der Waals surface area contributed by atoms with E-state index in [1.807, 2.05) is 0 Å². The Morgan fingerprint density at radius 3 is 2.57 bits per heavy atom. The molecule has 0 spiro atoms. The summed E-state index contributed by atoms with van der Waals surface area (Å²) in [5.41, 5.74) is 1.05. The molecule has 0 aromatic heterocycles. The molecule has 0 aliphatic rings. The largest absolute Gasteiger partial charge is 0.507 e. The highest BCUT2D eigenvalue weighted by atomic mass is 19.1. The Labute approximate surface area is 122 Å². The number of ether oxygens (including phenoxy) is 1. The summed E-state index contributed by atoms with van der Waals surface area (Å²) >= 11 is 0. The fourth-order valence-electron chi connectivity index (χ4n) is 2.05. The molecule has 0 fully saturated rings. The summed E-state index contributed by atoms with van der Waals surface area (Å²) in [7, 11) is 1.52. The maximum absolute atomic E-state index is 13.7. The van der Waals surface area contributed by atoms with E-state index in [2.05, 4.69) is 5.32 Å². The monoisotopic (exact) mass is 293 g/mol. The second-order valence-corrected chi connectivity index (χ2v) is 4.76. The minimum atomic E-state index is -0.601. The highest BCUT2D eigenvalue weighted by Crippen LogP contribution is 2.24. The van der Waals surface area contributed by atoms with Crippen LogP contribution in [0.3, 0.4) is 0 Å². The van der Waals surface area contributed by atoms with Gasteiger partial charge in [-0.25, -0.2) is 8.78 Å². The van der Waals surface area contributed by atoms with Gasteiger partial charge in [0.2, 0.25) is 0 Å². The van der Waals surface area contributed by atoms with Crippen molar-refractivity contribution in [1.82, 2.24) is 5.32 Å². The van der Waals surface area contributed by atoms with Crippen molar-refractivity contribution >= 4 is 0 Å². The fourth-order valence-corrected chi connectivity index (χ4v) is 2.05. The second-order valence-electron chi connectivity index (χ2n) is 4.76. The molecule has 21 heavy (non-hydrogen) atoms. The van der Waals surface area contributed by atoms with Crippen LogP contribution in [0.1, 0.15) is 24.1 Å². The summed E-state index contributed by atoms with van der Waals surface area (Å²) in [6, 6.07) is 8.16. The number of hydrogen-bond donors (Lipinski definition) is 2. The van der Waals surface area contributed by atoms with Crippen LogP contribution in [0, 0.1) is 11.6 Å². The van der Waals surface area contributed by atoms with E-state index in [9.17, 15) is 13.9 Å². The first-order valence-electron chi connectivity index (χ1n) is 6.55. The van der Waals surface area contributed by atoms with Gasteiger partial charge in [0.05, 0.1) is 7.11 Å². The Bertz CT molecular complexity index is 632. The van der Waals surface area contributed by atoms with Crippen LogP contribution in [-0.4, -0.2) is 12.2 Å². The van der Waals surface area contributed by atoms with E-state index in [4.69, 9.17) is 4.74 Å². The van der Waals surface area contributed by atoms with Crippen molar-refractivity contribution in [3.8, 4) is 11.5 Å². The van der Waals surface area contributed by atoms with Crippen molar-refractivity contribution in [2.45, 2.75) is 19.5 Å². The van der Waals surface area contributed by atoms with Crippen molar-refractivity contribution in [3.05, 3.63) is 59.2 Å². The molecule has 112 valence electrons. The van der Waals surface area contributed by atoms with Crippen LogP contribution in [0.15, 0.2) is 36.4 Å². The second kappa shape index (κ2) is 6.54. The van der Waals surface area contributed by atoms with Crippen LogP contribution in [0.5, 0.6) is 11.5 Å². The van der Waals surface area contributed by atoms with Gasteiger partial charge in [-0.05, 0) is 19.1 Å². The zero-order valence-electron chi connectivity index (χ0n) is 11.9. The summed E-state index contributed by atoms with van der Waals surface area (Å²) in [6.07, 6.45) is 0. The van der Waals surface area contributed by atoms with E-state index < -0.39 is 11.6 Å². The van der Waals surface area contributed by atoms with Gasteiger partial charge in [0.1, 0.15) is 23.1 Å². The van der Waals surface area contributed by atoms with Gasteiger partial charge in [-0.15, -0.1) is 0 Å². The third kappa shape index (κ3) is 3.70. The number of hydrogen-bond acceptors (Lipinski definition) is 3. The predicted molar refractivity (Wildman–Crippen MR) is 76.3 cm³/mol. The lowest BCUT2D eigenvalue weighted by Gasteiger charge is -2.16. The molecule has 5 heteroatoms. The molecule has 1 atom stereocenters. The first-order chi connectivity index (χ1) is 10.0. The van der Waals surface area contributed by atoms with Gasteiger partial charge in [0.25, 0.3) is 0 Å². The molecule has 0 aliphatic carbocycles. The van der Waals surface area contributed by atoms with Gasteiger partial charge in [0, 0.05) is 35.8 Å². The number of aromatic hydroxyl groups is 1. The van der Waals surface area contributed by atoms with Crippen LogP contribution in [0.25, 0.3) is 0 Å². The number of methoxy groups -OCH3 is 1. The predicted octanol–water partition coefficient (Wildman–Crippen LogP) is 3.53. The SMILES string of the molecule is COc1ccc(CNC(C)c2ccc(F)cc2F)c(O)c1. The van der Waals surface area contributed by atoms with Crippen molar-refractivity contribution < 1.29 is 18.6 Å². The molecule has 2 rings (SSSR count). The van der Waals surface area contributed by atoms with Gasteiger partial charge >= 0.3 is 0 Å². The number of rotatable bonds is 5. The first kappa shape index (κ1) is 15.3. The summed E-state index contributed by atoms with van der Waals surface area (Å²) in [4.78, 5) is 0. The smallest absolute Gasteiger partial charge is 0.130 e. The van der Waals surface area contributed by atoms with E-state index in [0.717, 1.165) is 6.07 Å². The molecule has 1 unspecified atom stereocenters. The molecule has 0 radical (unpaired) electrons. The molecule has 0 saturated heterocycles. The van der Waals surface area contributed by atoms with Gasteiger partial charge in [0.15, 0.2) is 0 Å². The number of phenols is 1. The minimum absolute atomic E-state index is 0.105. The van der Waals surface area contributed by atoms with E-state index in [-0.39, 0.29) is 11.8 Å². The highest BCUT2D eigenvalue weighted by Gasteiger charge is 2.12. The summed E-state index contributed by atoms with van der Waals surface area (Å²) in [6.45, 7) is 2.13. The quantitative estimate of drug-likeness (QED) is 0.886. The van der Waals surface area contributed by atoms with E-state index in [1.165, 1.54) is 25.3 Å². The number of benzene rings is 2. The van der Waals surface area contributed by atoms with Crippen molar-refractivity contribution in [2.24, 2.45) is 0 Å². The van der Waals surface area contributed by atoms with Crippen LogP contribution in [0.2, 0.25) is 0 Å². The number of halogens is 2. The molecule has 2 aromatic carbocycles. The zero-order valence-corrected chi connectivity index (χ0v) is 11.9. The Morgan fingerprint density at radius 1 is 1.19 bits per heavy atom. The van der Waals surface area contributed by atoms with Crippen LogP contribution in [-0.2, 0) is 6.54 Å². The minimum Gasteiger partial charge on any atom is -0.507 e. The van der Waals surface area contributed by atoms with Gasteiger partial charge in [-0.1, -0.05) is 12.1 Å². The normalized spacial score (nSPS) is 12.2. The maximum Gasteiger partial charge on any atom is 0.130 e. The van der Waals surface area contributed by atoms with Crippen LogP contribution >= 0.6 is 0 Å². The van der Waals surface area contributed by atoms with E-state index in [0.29, 0.717) is 23.4 Å². The summed E-state index contributed by atoms with van der Waals surface area (Å²) < 4.78 is 31.5. The van der Waals surface area contributed by atoms with Crippen molar-refractivity contribution in [1.29, 1.82) is 0 Å². The van der Waals surface area contributed by atoms with Gasteiger partial charge in [-0.2, -0.15) is 0 Å². The lowest BCUT2D eigenvalue weighted by atomic mass is 10.1. The van der Waals surface area contributed by atoms with E-state index in [1.54, 1.807) is 19.1 Å². The Morgan fingerprint density at radius 2 is 1.95 bits per heavy atom. The molecule has 0 heterocycles. The highest BCUT2D eigenvalue weighted by molar-refractivity contribution is 5.39. The van der Waals surface area contributed by atoms with Crippen molar-refractivity contribution in [3.63, 3.8) is 0 Å². The molecule has 2 aromatic rings. The fraction of sp³-hybridized carbons (Fsp3) is 0.250. The Balaban J connectivity index is 2.05. The molecular formula is C16H17F2NO2. The molecule has 3 nitrogen and oxygen atoms in total. The molecule has 0 amide bonds. The lowest BCUT2D eigenvalue weighted by Crippen LogP contribution is -2.19. The zero-order chi connectivity index (χ0) is 15.4. The average Bonchev–Trinajstić information content (AvgIpc) is 2.45. The summed E-state index contributed by atoms with van der Waals surface area (Å²) in [5.74, 6) is -0.521. The third-order valence-electron chi connectivity index (χ3n) is 3.32. The number of nitrogens with one attached hydrogen (secondary N) is 1. The first-order valence-corrected chi connectivity index (χ1v) is 6.55. The molecule has 2 N–H and O–H groups in total. The lowest BCUT2D eigenvalue weighted by molar-refractivity contribution is 0.405. The topological polar surface area (TPSA) is 41.5 Å². The van der Waals surface area contributed by atoms with Crippen molar-refractivity contribution in [2.75, 3.05) is 7.11 Å². The Kier molecular flexibility index (Phi) is 4.75. The third-order valence-corrected chi connectivity index (χ3v) is 3.32. The molecule has 0 aliphatic heterocycles. The maximum atomic E-state index is 13.7. The average molecular weight is 293 g/mol. The Hall–Kier alpha value is -2.14. The standard InChI is InChI=1S/C16H17F2NO2/c1-10(14-6-4-12(17)7-15(14)18)19-9-11-3-5-13(21-2)8-16(11)20/h3-8,10,19-20H,9H2,1-2H3.